The molecule has 3 heterocycles. The van der Waals surface area contributed by atoms with E-state index in [-0.39, 0.29) is 0 Å². The van der Waals surface area contributed by atoms with Crippen LogP contribution in [0.15, 0.2) is 42.9 Å². The van der Waals surface area contributed by atoms with Gasteiger partial charge in [0.1, 0.15) is 11.3 Å². The van der Waals surface area contributed by atoms with Crippen LogP contribution in [0.25, 0.3) is 11.0 Å². The van der Waals surface area contributed by atoms with Gasteiger partial charge in [0.25, 0.3) is 0 Å². The van der Waals surface area contributed by atoms with Crippen molar-refractivity contribution in [3.63, 3.8) is 0 Å². The number of H-pyrrole nitrogens is 1. The molecular formula is C14H11F3N4. The van der Waals surface area contributed by atoms with E-state index in [1.807, 2.05) is 18.3 Å². The van der Waals surface area contributed by atoms with Gasteiger partial charge in [0, 0.05) is 24.3 Å². The number of aromatic nitrogens is 3. The molecule has 0 aliphatic carbocycles. The first kappa shape index (κ1) is 13.4. The predicted octanol–water partition coefficient (Wildman–Crippen LogP) is 3.59. The smallest absolute Gasteiger partial charge is 0.380 e. The number of aromatic amines is 1. The number of hydrogen-bond acceptors (Lipinski definition) is 3. The largest absolute Gasteiger partial charge is 0.433 e. The van der Waals surface area contributed by atoms with Gasteiger partial charge in [-0.05, 0) is 29.8 Å². The Morgan fingerprint density at radius 2 is 2.00 bits per heavy atom. The quantitative estimate of drug-likeness (QED) is 0.775. The van der Waals surface area contributed by atoms with Crippen molar-refractivity contribution >= 4 is 16.7 Å². The molecule has 0 bridgehead atoms. The lowest BCUT2D eigenvalue weighted by atomic mass is 10.2. The molecule has 108 valence electrons. The Labute approximate surface area is 118 Å². The molecule has 0 atom stereocenters. The van der Waals surface area contributed by atoms with Crippen LogP contribution in [-0.4, -0.2) is 15.0 Å². The van der Waals surface area contributed by atoms with Crippen LogP contribution in [0.3, 0.4) is 0 Å². The number of alkyl halides is 3. The highest BCUT2D eigenvalue weighted by molar-refractivity contribution is 5.79. The van der Waals surface area contributed by atoms with E-state index in [0.29, 0.717) is 12.2 Å². The van der Waals surface area contributed by atoms with Crippen molar-refractivity contribution in [3.8, 4) is 0 Å². The Balaban J connectivity index is 1.73. The number of nitrogens with one attached hydrogen (secondary N) is 2. The van der Waals surface area contributed by atoms with E-state index >= 15 is 0 Å². The van der Waals surface area contributed by atoms with Crippen LogP contribution in [0, 0.1) is 0 Å². The molecule has 0 fully saturated rings. The van der Waals surface area contributed by atoms with Gasteiger partial charge >= 0.3 is 6.18 Å². The van der Waals surface area contributed by atoms with Gasteiger partial charge in [-0.3, -0.25) is 0 Å². The maximum Gasteiger partial charge on any atom is 0.433 e. The van der Waals surface area contributed by atoms with Gasteiger partial charge in [-0.25, -0.2) is 9.97 Å². The first-order chi connectivity index (χ1) is 10.0. The molecule has 0 unspecified atom stereocenters. The van der Waals surface area contributed by atoms with Crippen LogP contribution in [0.4, 0.5) is 18.9 Å². The zero-order valence-corrected chi connectivity index (χ0v) is 10.8. The molecule has 3 rings (SSSR count). The van der Waals surface area contributed by atoms with Crippen LogP contribution in [-0.2, 0) is 12.7 Å². The third-order valence-electron chi connectivity index (χ3n) is 3.07. The summed E-state index contributed by atoms with van der Waals surface area (Å²) in [6.07, 6.45) is 0.273. The molecule has 0 aliphatic heterocycles. The molecule has 0 radical (unpaired) electrons. The number of pyridine rings is 2. The molecule has 0 aliphatic rings. The highest BCUT2D eigenvalue weighted by Gasteiger charge is 2.31. The molecular weight excluding hydrogens is 281 g/mol. The standard InChI is InChI=1S/C14H11F3N4/c15-14(16,17)12-4-3-10(8-20-12)19-6-9-7-21-13-11(9)2-1-5-18-13/h1-5,7-8,19H,6H2,(H,18,21). The Morgan fingerprint density at radius 1 is 1.14 bits per heavy atom. The van der Waals surface area contributed by atoms with E-state index in [9.17, 15) is 13.2 Å². The van der Waals surface area contributed by atoms with Crippen LogP contribution in [0.5, 0.6) is 0 Å². The van der Waals surface area contributed by atoms with Crippen molar-refractivity contribution < 1.29 is 13.2 Å². The third-order valence-corrected chi connectivity index (χ3v) is 3.07. The summed E-state index contributed by atoms with van der Waals surface area (Å²) in [4.78, 5) is 10.6. The average molecular weight is 292 g/mol. The van der Waals surface area contributed by atoms with Gasteiger partial charge in [0.05, 0.1) is 11.9 Å². The second kappa shape index (κ2) is 5.08. The van der Waals surface area contributed by atoms with Crippen molar-refractivity contribution in [3.05, 3.63) is 54.1 Å². The zero-order valence-electron chi connectivity index (χ0n) is 10.8. The number of hydrogen-bond donors (Lipinski definition) is 2. The van der Waals surface area contributed by atoms with Gasteiger partial charge in [0.2, 0.25) is 0 Å². The van der Waals surface area contributed by atoms with E-state index in [2.05, 4.69) is 20.3 Å². The number of halogens is 3. The number of rotatable bonds is 3. The Hall–Kier alpha value is -2.57. The first-order valence-electron chi connectivity index (χ1n) is 6.22. The Kier molecular flexibility index (Phi) is 3.25. The van der Waals surface area contributed by atoms with E-state index in [4.69, 9.17) is 0 Å². The minimum atomic E-state index is -4.42. The van der Waals surface area contributed by atoms with Crippen molar-refractivity contribution in [2.45, 2.75) is 12.7 Å². The molecule has 3 aromatic rings. The summed E-state index contributed by atoms with van der Waals surface area (Å²) in [5.41, 5.74) is 1.39. The second-order valence-electron chi connectivity index (χ2n) is 4.50. The summed E-state index contributed by atoms with van der Waals surface area (Å²) in [7, 11) is 0. The third kappa shape index (κ3) is 2.81. The number of anilines is 1. The molecule has 0 aromatic carbocycles. The summed E-state index contributed by atoms with van der Waals surface area (Å²) in [5, 5.41) is 4.02. The summed E-state index contributed by atoms with van der Waals surface area (Å²) >= 11 is 0. The van der Waals surface area contributed by atoms with Gasteiger partial charge in [-0.2, -0.15) is 13.2 Å². The average Bonchev–Trinajstić information content (AvgIpc) is 2.88. The number of nitrogens with zero attached hydrogens (tertiary/aromatic N) is 2. The fourth-order valence-corrected chi connectivity index (χ4v) is 2.02. The molecule has 0 saturated heterocycles. The monoisotopic (exact) mass is 292 g/mol. The highest BCUT2D eigenvalue weighted by Crippen LogP contribution is 2.28. The van der Waals surface area contributed by atoms with Crippen molar-refractivity contribution in [2.24, 2.45) is 0 Å². The van der Waals surface area contributed by atoms with Crippen LogP contribution < -0.4 is 5.32 Å². The van der Waals surface area contributed by atoms with Gasteiger partial charge in [-0.15, -0.1) is 0 Å². The lowest BCUT2D eigenvalue weighted by Gasteiger charge is -2.08. The Morgan fingerprint density at radius 3 is 2.71 bits per heavy atom. The van der Waals surface area contributed by atoms with Crippen molar-refractivity contribution in [1.29, 1.82) is 0 Å². The normalized spacial score (nSPS) is 11.8. The predicted molar refractivity (Wildman–Crippen MR) is 72.7 cm³/mol. The molecule has 21 heavy (non-hydrogen) atoms. The zero-order chi connectivity index (χ0) is 14.9. The van der Waals surface area contributed by atoms with E-state index < -0.39 is 11.9 Å². The molecule has 0 amide bonds. The van der Waals surface area contributed by atoms with Crippen molar-refractivity contribution in [1.82, 2.24) is 15.0 Å². The minimum absolute atomic E-state index is 0.471. The van der Waals surface area contributed by atoms with Crippen LogP contribution >= 0.6 is 0 Å². The summed E-state index contributed by atoms with van der Waals surface area (Å²) in [6.45, 7) is 0.471. The summed E-state index contributed by atoms with van der Waals surface area (Å²) < 4.78 is 37.2. The van der Waals surface area contributed by atoms with E-state index in [0.717, 1.165) is 22.7 Å². The molecule has 7 heteroatoms. The first-order valence-corrected chi connectivity index (χ1v) is 6.22. The lowest BCUT2D eigenvalue weighted by Crippen LogP contribution is -2.08. The molecule has 2 N–H and O–H groups in total. The highest BCUT2D eigenvalue weighted by atomic mass is 19.4. The van der Waals surface area contributed by atoms with E-state index in [1.165, 1.54) is 12.3 Å². The molecule has 0 spiro atoms. The fourth-order valence-electron chi connectivity index (χ4n) is 2.02. The van der Waals surface area contributed by atoms with Gasteiger partial charge in [-0.1, -0.05) is 0 Å². The van der Waals surface area contributed by atoms with Crippen LogP contribution in [0.2, 0.25) is 0 Å². The lowest BCUT2D eigenvalue weighted by molar-refractivity contribution is -0.141. The maximum absolute atomic E-state index is 12.4. The SMILES string of the molecule is FC(F)(F)c1ccc(NCc2c[nH]c3ncccc23)cn1. The van der Waals surface area contributed by atoms with Crippen molar-refractivity contribution in [2.75, 3.05) is 5.32 Å². The summed E-state index contributed by atoms with van der Waals surface area (Å²) in [5.74, 6) is 0. The van der Waals surface area contributed by atoms with Crippen LogP contribution in [0.1, 0.15) is 11.3 Å². The maximum atomic E-state index is 12.4. The molecule has 4 nitrogen and oxygen atoms in total. The molecule has 0 saturated carbocycles. The Bertz CT molecular complexity index is 747. The minimum Gasteiger partial charge on any atom is -0.380 e. The molecule has 3 aromatic heterocycles. The fraction of sp³-hybridized carbons (Fsp3) is 0.143. The van der Waals surface area contributed by atoms with Gasteiger partial charge < -0.3 is 10.3 Å². The van der Waals surface area contributed by atoms with E-state index in [1.54, 1.807) is 6.20 Å². The van der Waals surface area contributed by atoms with Gasteiger partial charge in [0.15, 0.2) is 0 Å². The number of fused-ring (bicyclic) bond motifs is 1. The topological polar surface area (TPSA) is 53.6 Å². The summed E-state index contributed by atoms with van der Waals surface area (Å²) in [6, 6.07) is 6.09. The second-order valence-corrected chi connectivity index (χ2v) is 4.50.